The van der Waals surface area contributed by atoms with Gasteiger partial charge in [-0.25, -0.2) is 0 Å². The van der Waals surface area contributed by atoms with E-state index in [0.29, 0.717) is 23.2 Å². The molecule has 0 aliphatic rings. The van der Waals surface area contributed by atoms with E-state index in [9.17, 15) is 4.79 Å². The number of nitriles is 2. The van der Waals surface area contributed by atoms with Crippen molar-refractivity contribution in [3.05, 3.63) is 47.3 Å². The number of carbonyl (C=O) groups excluding carboxylic acids is 1. The van der Waals surface area contributed by atoms with Crippen molar-refractivity contribution < 1.29 is 4.79 Å². The lowest BCUT2D eigenvalue weighted by atomic mass is 10.1. The topological polar surface area (TPSA) is 90.4 Å². The summed E-state index contributed by atoms with van der Waals surface area (Å²) < 4.78 is 0. The number of hydrogen-bond acceptors (Lipinski definition) is 5. The highest BCUT2D eigenvalue weighted by Crippen LogP contribution is 2.21. The smallest absolute Gasteiger partial charge is 0.151 e. The van der Waals surface area contributed by atoms with Crippen LogP contribution >= 0.6 is 0 Å². The van der Waals surface area contributed by atoms with Crippen molar-refractivity contribution in [3.63, 3.8) is 0 Å². The van der Waals surface area contributed by atoms with Crippen LogP contribution < -0.4 is 0 Å². The van der Waals surface area contributed by atoms with Gasteiger partial charge < -0.3 is 0 Å². The fraction of sp³-hybridized carbons (Fsp3) is 0. The summed E-state index contributed by atoms with van der Waals surface area (Å²) in [5, 5.41) is 18.0. The molecule has 5 heteroatoms. The van der Waals surface area contributed by atoms with Gasteiger partial charge in [-0.3, -0.25) is 14.8 Å². The van der Waals surface area contributed by atoms with Crippen molar-refractivity contribution in [2.24, 2.45) is 0 Å². The second-order valence-electron chi connectivity index (χ2n) is 3.40. The Morgan fingerprint density at radius 3 is 2.50 bits per heavy atom. The van der Waals surface area contributed by atoms with Crippen LogP contribution in [0.1, 0.15) is 21.5 Å². The van der Waals surface area contributed by atoms with Crippen LogP contribution in [0.4, 0.5) is 0 Å². The Labute approximate surface area is 103 Å². The van der Waals surface area contributed by atoms with Gasteiger partial charge in [-0.2, -0.15) is 10.5 Å². The van der Waals surface area contributed by atoms with Gasteiger partial charge in [-0.15, -0.1) is 0 Å². The lowest BCUT2D eigenvalue weighted by molar-refractivity contribution is 0.112. The molecule has 2 aromatic heterocycles. The maximum Gasteiger partial charge on any atom is 0.151 e. The molecule has 18 heavy (non-hydrogen) atoms. The lowest BCUT2D eigenvalue weighted by Crippen LogP contribution is -1.95. The lowest BCUT2D eigenvalue weighted by Gasteiger charge is -2.03. The van der Waals surface area contributed by atoms with Crippen LogP contribution in [0, 0.1) is 22.7 Å². The average Bonchev–Trinajstić information content (AvgIpc) is 2.46. The van der Waals surface area contributed by atoms with Gasteiger partial charge in [-0.05, 0) is 18.2 Å². The van der Waals surface area contributed by atoms with Crippen LogP contribution in [0.5, 0.6) is 0 Å². The summed E-state index contributed by atoms with van der Waals surface area (Å²) in [7, 11) is 0. The number of aldehydes is 1. The monoisotopic (exact) mass is 234 g/mol. The summed E-state index contributed by atoms with van der Waals surface area (Å²) in [6, 6.07) is 8.53. The van der Waals surface area contributed by atoms with Crippen LogP contribution in [0.3, 0.4) is 0 Å². The van der Waals surface area contributed by atoms with E-state index in [1.54, 1.807) is 12.1 Å². The minimum absolute atomic E-state index is 0.186. The predicted molar refractivity (Wildman–Crippen MR) is 62.3 cm³/mol. The van der Waals surface area contributed by atoms with E-state index >= 15 is 0 Å². The summed E-state index contributed by atoms with van der Waals surface area (Å²) in [6.45, 7) is 0. The highest BCUT2D eigenvalue weighted by Gasteiger charge is 2.12. The molecule has 2 rings (SSSR count). The van der Waals surface area contributed by atoms with Gasteiger partial charge in [0.2, 0.25) is 0 Å². The highest BCUT2D eigenvalue weighted by atomic mass is 16.1. The number of aromatic nitrogens is 2. The second kappa shape index (κ2) is 4.86. The molecule has 0 radical (unpaired) electrons. The maximum atomic E-state index is 10.5. The zero-order chi connectivity index (χ0) is 13.0. The average molecular weight is 234 g/mol. The zero-order valence-corrected chi connectivity index (χ0v) is 9.16. The molecule has 0 saturated heterocycles. The van der Waals surface area contributed by atoms with E-state index in [1.165, 1.54) is 18.5 Å². The molecule has 0 aliphatic carbocycles. The number of carbonyl (C=O) groups is 1. The van der Waals surface area contributed by atoms with Crippen molar-refractivity contribution in [2.45, 2.75) is 0 Å². The molecule has 84 valence electrons. The highest BCUT2D eigenvalue weighted by molar-refractivity contribution is 5.75. The van der Waals surface area contributed by atoms with Crippen LogP contribution in [-0.4, -0.2) is 16.3 Å². The minimum atomic E-state index is 0.186. The third kappa shape index (κ3) is 1.93. The molecule has 0 saturated carbocycles. The van der Waals surface area contributed by atoms with Crippen LogP contribution in [-0.2, 0) is 0 Å². The first-order valence-corrected chi connectivity index (χ1v) is 5.01. The maximum absolute atomic E-state index is 10.5. The fourth-order valence-corrected chi connectivity index (χ4v) is 1.48. The molecule has 0 bridgehead atoms. The number of pyridine rings is 2. The van der Waals surface area contributed by atoms with E-state index in [1.807, 2.05) is 12.1 Å². The SMILES string of the molecule is N#Cc1ccnc(-c2ccc(C=O)cn2)c1C#N. The van der Waals surface area contributed by atoms with Crippen molar-refractivity contribution in [1.82, 2.24) is 9.97 Å². The van der Waals surface area contributed by atoms with Gasteiger partial charge in [0.1, 0.15) is 17.8 Å². The van der Waals surface area contributed by atoms with E-state index < -0.39 is 0 Å². The van der Waals surface area contributed by atoms with Gasteiger partial charge in [-0.1, -0.05) is 0 Å². The molecule has 5 nitrogen and oxygen atoms in total. The molecule has 2 heterocycles. The Morgan fingerprint density at radius 1 is 1.11 bits per heavy atom. The van der Waals surface area contributed by atoms with Crippen LogP contribution in [0.25, 0.3) is 11.4 Å². The van der Waals surface area contributed by atoms with Gasteiger partial charge in [0.05, 0.1) is 16.8 Å². The largest absolute Gasteiger partial charge is 0.298 e. The summed E-state index contributed by atoms with van der Waals surface area (Å²) in [6.07, 6.45) is 3.52. The van der Waals surface area contributed by atoms with E-state index in [2.05, 4.69) is 9.97 Å². The third-order valence-corrected chi connectivity index (χ3v) is 2.35. The molecule has 0 aromatic carbocycles. The Hall–Kier alpha value is -3.05. The Kier molecular flexibility index (Phi) is 3.08. The number of rotatable bonds is 2. The molecule has 0 atom stereocenters. The minimum Gasteiger partial charge on any atom is -0.298 e. The van der Waals surface area contributed by atoms with Crippen molar-refractivity contribution >= 4 is 6.29 Å². The van der Waals surface area contributed by atoms with Gasteiger partial charge >= 0.3 is 0 Å². The quantitative estimate of drug-likeness (QED) is 0.737. The molecule has 0 spiro atoms. The first-order chi connectivity index (χ1) is 8.80. The standard InChI is InChI=1S/C13H6N4O/c14-5-10-3-4-16-13(11(10)6-15)12-2-1-9(8-18)7-17-12/h1-4,7-8H. The Balaban J connectivity index is 2.61. The van der Waals surface area contributed by atoms with Crippen molar-refractivity contribution in [3.8, 4) is 23.5 Å². The van der Waals surface area contributed by atoms with E-state index in [0.717, 1.165) is 0 Å². The van der Waals surface area contributed by atoms with Crippen molar-refractivity contribution in [1.29, 1.82) is 10.5 Å². The molecule has 0 unspecified atom stereocenters. The fourth-order valence-electron chi connectivity index (χ4n) is 1.48. The molecule has 0 amide bonds. The first kappa shape index (κ1) is 11.4. The van der Waals surface area contributed by atoms with Gasteiger partial charge in [0.15, 0.2) is 6.29 Å². The zero-order valence-electron chi connectivity index (χ0n) is 9.16. The molecular weight excluding hydrogens is 228 g/mol. The van der Waals surface area contributed by atoms with E-state index in [4.69, 9.17) is 10.5 Å². The molecule has 0 aliphatic heterocycles. The Bertz CT molecular complexity index is 678. The van der Waals surface area contributed by atoms with Crippen molar-refractivity contribution in [2.75, 3.05) is 0 Å². The summed E-state index contributed by atoms with van der Waals surface area (Å²) in [5.41, 5.74) is 1.67. The third-order valence-electron chi connectivity index (χ3n) is 2.35. The first-order valence-electron chi connectivity index (χ1n) is 5.01. The molecule has 0 fully saturated rings. The Morgan fingerprint density at radius 2 is 1.94 bits per heavy atom. The molecule has 0 N–H and O–H groups in total. The summed E-state index contributed by atoms with van der Waals surface area (Å²) in [4.78, 5) is 18.6. The predicted octanol–water partition coefficient (Wildman–Crippen LogP) is 1.70. The molecule has 2 aromatic rings. The van der Waals surface area contributed by atoms with E-state index in [-0.39, 0.29) is 11.1 Å². The second-order valence-corrected chi connectivity index (χ2v) is 3.40. The van der Waals surface area contributed by atoms with Crippen LogP contribution in [0.2, 0.25) is 0 Å². The normalized spacial score (nSPS) is 9.22. The van der Waals surface area contributed by atoms with Gasteiger partial charge in [0.25, 0.3) is 0 Å². The summed E-state index contributed by atoms with van der Waals surface area (Å²) >= 11 is 0. The number of nitrogens with zero attached hydrogens (tertiary/aromatic N) is 4. The van der Waals surface area contributed by atoms with Gasteiger partial charge in [0, 0.05) is 18.0 Å². The summed E-state index contributed by atoms with van der Waals surface area (Å²) in [5.74, 6) is 0. The molecular formula is C13H6N4O. The number of hydrogen-bond donors (Lipinski definition) is 0. The van der Waals surface area contributed by atoms with Crippen LogP contribution in [0.15, 0.2) is 30.6 Å².